The van der Waals surface area contributed by atoms with Crippen LogP contribution in [0.2, 0.25) is 0 Å². The van der Waals surface area contributed by atoms with Gasteiger partial charge in [0.15, 0.2) is 5.03 Å². The van der Waals surface area contributed by atoms with Crippen molar-refractivity contribution in [1.29, 1.82) is 0 Å². The lowest BCUT2D eigenvalue weighted by Crippen LogP contribution is -2.23. The Balaban J connectivity index is 1.97. The largest absolute Gasteiger partial charge is 0.395 e. The highest BCUT2D eigenvalue weighted by molar-refractivity contribution is 7.89. The number of aromatic amines is 1. The van der Waals surface area contributed by atoms with Gasteiger partial charge >= 0.3 is 0 Å². The topological polar surface area (TPSA) is 95.1 Å². The average Bonchev–Trinajstić information content (AvgIpc) is 3.09. The van der Waals surface area contributed by atoms with Crippen molar-refractivity contribution in [2.75, 3.05) is 6.61 Å². The number of aliphatic hydroxyl groups is 1. The first-order valence-electron chi connectivity index (χ1n) is 5.78. The van der Waals surface area contributed by atoms with Crippen LogP contribution in [0.1, 0.15) is 16.9 Å². The minimum absolute atomic E-state index is 0.0357. The summed E-state index contributed by atoms with van der Waals surface area (Å²) in [5.74, 6) is 5.71. The van der Waals surface area contributed by atoms with Gasteiger partial charge in [0.2, 0.25) is 0 Å². The van der Waals surface area contributed by atoms with Gasteiger partial charge in [0.05, 0.1) is 12.8 Å². The van der Waals surface area contributed by atoms with Crippen LogP contribution in [0.25, 0.3) is 0 Å². The molecule has 0 aliphatic heterocycles. The van der Waals surface area contributed by atoms with Crippen LogP contribution in [-0.2, 0) is 16.6 Å². The maximum absolute atomic E-state index is 11.9. The number of nitrogens with one attached hydrogen (secondary N) is 2. The van der Waals surface area contributed by atoms with Gasteiger partial charge in [-0.1, -0.05) is 11.8 Å². The van der Waals surface area contributed by atoms with E-state index in [1.165, 1.54) is 23.6 Å². The summed E-state index contributed by atoms with van der Waals surface area (Å²) in [6.45, 7) is 0.238. The Morgan fingerprint density at radius 3 is 3.05 bits per heavy atom. The average molecular weight is 311 g/mol. The van der Waals surface area contributed by atoms with E-state index >= 15 is 0 Å². The van der Waals surface area contributed by atoms with Crippen LogP contribution in [0, 0.1) is 11.8 Å². The third-order valence-corrected chi connectivity index (χ3v) is 4.59. The molecular formula is C12H13N3O3S2. The molecule has 0 aliphatic rings. The van der Waals surface area contributed by atoms with Crippen molar-refractivity contribution in [3.05, 3.63) is 34.2 Å². The van der Waals surface area contributed by atoms with Crippen molar-refractivity contribution in [2.24, 2.45) is 0 Å². The SMILES string of the molecule is O=S(=O)(NCc1cc(C#CCCO)cs1)c1ccn[nH]1. The summed E-state index contributed by atoms with van der Waals surface area (Å²) >= 11 is 1.43. The van der Waals surface area contributed by atoms with E-state index in [0.717, 1.165) is 10.4 Å². The van der Waals surface area contributed by atoms with Crippen LogP contribution < -0.4 is 4.72 Å². The second-order valence-corrected chi connectivity index (χ2v) is 6.55. The first-order chi connectivity index (χ1) is 9.62. The lowest BCUT2D eigenvalue weighted by Gasteiger charge is -2.02. The van der Waals surface area contributed by atoms with Crippen LogP contribution >= 0.6 is 11.3 Å². The van der Waals surface area contributed by atoms with Gasteiger partial charge in [-0.3, -0.25) is 5.10 Å². The zero-order valence-electron chi connectivity index (χ0n) is 10.5. The summed E-state index contributed by atoms with van der Waals surface area (Å²) < 4.78 is 26.2. The molecule has 20 heavy (non-hydrogen) atoms. The number of H-pyrrole nitrogens is 1. The Labute approximate surface area is 120 Å². The molecule has 0 fully saturated rings. The van der Waals surface area contributed by atoms with Gasteiger partial charge in [0, 0.05) is 28.8 Å². The van der Waals surface area contributed by atoms with Crippen LogP contribution in [0.15, 0.2) is 28.7 Å². The molecule has 2 heterocycles. The van der Waals surface area contributed by atoms with E-state index in [9.17, 15) is 8.42 Å². The van der Waals surface area contributed by atoms with E-state index in [4.69, 9.17) is 5.11 Å². The monoisotopic (exact) mass is 311 g/mol. The third kappa shape index (κ3) is 3.91. The Bertz CT molecular complexity index is 709. The fourth-order valence-corrected chi connectivity index (χ4v) is 3.16. The maximum atomic E-state index is 11.9. The molecule has 0 saturated heterocycles. The minimum Gasteiger partial charge on any atom is -0.395 e. The molecule has 0 bridgehead atoms. The molecule has 0 saturated carbocycles. The Morgan fingerprint density at radius 1 is 1.50 bits per heavy atom. The summed E-state index contributed by atoms with van der Waals surface area (Å²) in [7, 11) is -3.56. The Hall–Kier alpha value is -1.66. The molecule has 0 amide bonds. The number of sulfonamides is 1. The third-order valence-electron chi connectivity index (χ3n) is 2.32. The number of aromatic nitrogens is 2. The van der Waals surface area contributed by atoms with Crippen LogP contribution in [0.5, 0.6) is 0 Å². The summed E-state index contributed by atoms with van der Waals surface area (Å²) in [6.07, 6.45) is 1.81. The van der Waals surface area contributed by atoms with Gasteiger partial charge < -0.3 is 5.11 Å². The van der Waals surface area contributed by atoms with Gasteiger partial charge in [-0.15, -0.1) is 11.3 Å². The molecule has 2 aromatic heterocycles. The summed E-state index contributed by atoms with van der Waals surface area (Å²) in [4.78, 5) is 0.862. The molecule has 0 radical (unpaired) electrons. The molecule has 6 nitrogen and oxygen atoms in total. The molecule has 8 heteroatoms. The minimum atomic E-state index is -3.56. The number of nitrogens with zero attached hydrogens (tertiary/aromatic N) is 1. The van der Waals surface area contributed by atoms with E-state index < -0.39 is 10.0 Å². The van der Waals surface area contributed by atoms with Gasteiger partial charge in [-0.2, -0.15) is 5.10 Å². The summed E-state index contributed by atoms with van der Waals surface area (Å²) in [5.41, 5.74) is 0.819. The lowest BCUT2D eigenvalue weighted by atomic mass is 10.3. The number of aliphatic hydroxyl groups excluding tert-OH is 1. The number of hydrogen-bond donors (Lipinski definition) is 3. The number of hydrogen-bond acceptors (Lipinski definition) is 5. The normalized spacial score (nSPS) is 11.1. The maximum Gasteiger partial charge on any atom is 0.257 e. The van der Waals surface area contributed by atoms with Crippen LogP contribution in [0.4, 0.5) is 0 Å². The molecule has 0 unspecified atom stereocenters. The number of rotatable bonds is 5. The second-order valence-electron chi connectivity index (χ2n) is 3.82. The van der Waals surface area contributed by atoms with Gasteiger partial charge in [-0.25, -0.2) is 13.1 Å². The fourth-order valence-electron chi connectivity index (χ4n) is 1.40. The Kier molecular flexibility index (Phi) is 4.92. The molecule has 3 N–H and O–H groups in total. The molecule has 2 rings (SSSR count). The molecule has 0 atom stereocenters. The summed E-state index contributed by atoms with van der Waals surface area (Å²) in [6, 6.07) is 3.22. The number of thiophene rings is 1. The highest BCUT2D eigenvalue weighted by Gasteiger charge is 2.15. The summed E-state index contributed by atoms with van der Waals surface area (Å²) in [5, 5.41) is 16.5. The lowest BCUT2D eigenvalue weighted by molar-refractivity contribution is 0.305. The first-order valence-corrected chi connectivity index (χ1v) is 8.14. The van der Waals surface area contributed by atoms with Crippen molar-refractivity contribution in [1.82, 2.24) is 14.9 Å². The van der Waals surface area contributed by atoms with Crippen molar-refractivity contribution in [3.63, 3.8) is 0 Å². The molecule has 106 valence electrons. The fraction of sp³-hybridized carbons (Fsp3) is 0.250. The van der Waals surface area contributed by atoms with Crippen LogP contribution in [0.3, 0.4) is 0 Å². The molecule has 0 spiro atoms. The van der Waals surface area contributed by atoms with Crippen molar-refractivity contribution in [2.45, 2.75) is 18.0 Å². The van der Waals surface area contributed by atoms with Crippen molar-refractivity contribution >= 4 is 21.4 Å². The van der Waals surface area contributed by atoms with E-state index in [2.05, 4.69) is 26.8 Å². The molecule has 2 aromatic rings. The smallest absolute Gasteiger partial charge is 0.257 e. The van der Waals surface area contributed by atoms with Crippen molar-refractivity contribution in [3.8, 4) is 11.8 Å². The molecule has 0 aliphatic carbocycles. The van der Waals surface area contributed by atoms with E-state index in [-0.39, 0.29) is 18.2 Å². The quantitative estimate of drug-likeness (QED) is 0.708. The highest BCUT2D eigenvalue weighted by atomic mass is 32.2. The molecule has 0 aromatic carbocycles. The van der Waals surface area contributed by atoms with E-state index in [1.54, 1.807) is 0 Å². The molecular weight excluding hydrogens is 298 g/mol. The van der Waals surface area contributed by atoms with Gasteiger partial charge in [-0.05, 0) is 12.1 Å². The Morgan fingerprint density at radius 2 is 2.35 bits per heavy atom. The van der Waals surface area contributed by atoms with E-state index in [0.29, 0.717) is 6.42 Å². The second kappa shape index (κ2) is 6.67. The van der Waals surface area contributed by atoms with E-state index in [1.807, 2.05) is 11.4 Å². The van der Waals surface area contributed by atoms with Crippen LogP contribution in [-0.4, -0.2) is 30.3 Å². The van der Waals surface area contributed by atoms with Gasteiger partial charge in [0.25, 0.3) is 10.0 Å². The predicted molar refractivity (Wildman–Crippen MR) is 75.5 cm³/mol. The zero-order chi connectivity index (χ0) is 14.4. The highest BCUT2D eigenvalue weighted by Crippen LogP contribution is 2.14. The van der Waals surface area contributed by atoms with Gasteiger partial charge in [0.1, 0.15) is 0 Å². The predicted octanol–water partition coefficient (Wildman–Crippen LogP) is 0.684. The zero-order valence-corrected chi connectivity index (χ0v) is 12.1. The van der Waals surface area contributed by atoms with Crippen molar-refractivity contribution < 1.29 is 13.5 Å². The first kappa shape index (κ1) is 14.7. The standard InChI is InChI=1S/C12H13N3O3S2/c16-6-2-1-3-10-7-11(19-9-10)8-14-20(17,18)12-4-5-13-15-12/h4-5,7,9,14,16H,2,6,8H2,(H,13,15).